The lowest BCUT2D eigenvalue weighted by Crippen LogP contribution is -2.52. The Morgan fingerprint density at radius 2 is 2.25 bits per heavy atom. The molecular formula is C10H11ClN2O3. The topological polar surface area (TPSA) is 55.6 Å². The van der Waals surface area contributed by atoms with Crippen molar-refractivity contribution in [3.8, 4) is 0 Å². The molecule has 0 saturated carbocycles. The number of anilines is 1. The highest BCUT2D eigenvalue weighted by atomic mass is 35.5. The van der Waals surface area contributed by atoms with Crippen LogP contribution >= 0.6 is 11.6 Å². The second-order valence-corrected chi connectivity index (χ2v) is 4.09. The smallest absolute Gasteiger partial charge is 0.294 e. The molecule has 1 fully saturated rings. The van der Waals surface area contributed by atoms with E-state index in [-0.39, 0.29) is 11.8 Å². The van der Waals surface area contributed by atoms with E-state index in [0.29, 0.717) is 23.8 Å². The van der Waals surface area contributed by atoms with E-state index in [4.69, 9.17) is 16.3 Å². The van der Waals surface area contributed by atoms with Crippen LogP contribution in [0.4, 0.5) is 11.4 Å². The molecule has 0 spiro atoms. The van der Waals surface area contributed by atoms with Gasteiger partial charge in [0.25, 0.3) is 5.69 Å². The predicted octanol–water partition coefficient (Wildman–Crippen LogP) is 2.08. The van der Waals surface area contributed by atoms with Gasteiger partial charge in [-0.2, -0.15) is 0 Å². The van der Waals surface area contributed by atoms with E-state index in [1.54, 1.807) is 19.2 Å². The number of nitro groups is 1. The molecule has 16 heavy (non-hydrogen) atoms. The lowest BCUT2D eigenvalue weighted by atomic mass is 10.1. The first-order chi connectivity index (χ1) is 7.61. The van der Waals surface area contributed by atoms with Gasteiger partial charge in [0.1, 0.15) is 5.69 Å². The van der Waals surface area contributed by atoms with Crippen molar-refractivity contribution in [1.29, 1.82) is 0 Å². The van der Waals surface area contributed by atoms with Gasteiger partial charge >= 0.3 is 0 Å². The highest BCUT2D eigenvalue weighted by Crippen LogP contribution is 2.33. The molecule has 0 amide bonds. The van der Waals surface area contributed by atoms with Crippen LogP contribution in [0.3, 0.4) is 0 Å². The Bertz CT molecular complexity index is 419. The largest absolute Gasteiger partial charge is 0.378 e. The fourth-order valence-corrected chi connectivity index (χ4v) is 1.86. The van der Waals surface area contributed by atoms with Gasteiger partial charge in [0.2, 0.25) is 0 Å². The average molecular weight is 243 g/mol. The van der Waals surface area contributed by atoms with Crippen molar-refractivity contribution in [2.45, 2.75) is 6.10 Å². The van der Waals surface area contributed by atoms with E-state index in [2.05, 4.69) is 0 Å². The number of hydrogen-bond donors (Lipinski definition) is 0. The van der Waals surface area contributed by atoms with Crippen LogP contribution in [0.15, 0.2) is 18.2 Å². The molecule has 1 aliphatic rings. The van der Waals surface area contributed by atoms with Gasteiger partial charge in [0, 0.05) is 31.3 Å². The Balaban J connectivity index is 2.24. The van der Waals surface area contributed by atoms with E-state index in [0.717, 1.165) is 0 Å². The third-order valence-corrected chi connectivity index (χ3v) is 2.89. The highest BCUT2D eigenvalue weighted by Gasteiger charge is 2.31. The summed E-state index contributed by atoms with van der Waals surface area (Å²) in [5.74, 6) is 0. The quantitative estimate of drug-likeness (QED) is 0.602. The Labute approximate surface area is 97.7 Å². The molecule has 0 aromatic heterocycles. The molecule has 5 nitrogen and oxygen atoms in total. The summed E-state index contributed by atoms with van der Waals surface area (Å²) in [4.78, 5) is 12.3. The maximum absolute atomic E-state index is 10.9. The van der Waals surface area contributed by atoms with Gasteiger partial charge in [-0.1, -0.05) is 11.6 Å². The minimum absolute atomic E-state index is 0.0436. The van der Waals surface area contributed by atoms with E-state index in [1.807, 2.05) is 4.90 Å². The van der Waals surface area contributed by atoms with Crippen molar-refractivity contribution in [3.63, 3.8) is 0 Å². The van der Waals surface area contributed by atoms with Crippen LogP contribution in [-0.4, -0.2) is 31.2 Å². The lowest BCUT2D eigenvalue weighted by Gasteiger charge is -2.39. The minimum atomic E-state index is -0.415. The maximum atomic E-state index is 10.9. The number of benzene rings is 1. The van der Waals surface area contributed by atoms with E-state index in [1.165, 1.54) is 6.07 Å². The van der Waals surface area contributed by atoms with Gasteiger partial charge in [-0.25, -0.2) is 0 Å². The number of nitro benzene ring substituents is 1. The van der Waals surface area contributed by atoms with Crippen molar-refractivity contribution in [1.82, 2.24) is 0 Å². The summed E-state index contributed by atoms with van der Waals surface area (Å²) in [6.07, 6.45) is 0.162. The standard InChI is InChI=1S/C10H11ClN2O3/c1-16-8-5-12(6-8)9-3-2-7(11)4-10(9)13(14)15/h2-4,8H,5-6H2,1H3. The molecule has 2 rings (SSSR count). The van der Waals surface area contributed by atoms with Crippen LogP contribution in [0, 0.1) is 10.1 Å². The molecular weight excluding hydrogens is 232 g/mol. The molecule has 1 saturated heterocycles. The number of halogens is 1. The lowest BCUT2D eigenvalue weighted by molar-refractivity contribution is -0.384. The van der Waals surface area contributed by atoms with Crippen LogP contribution in [0.2, 0.25) is 5.02 Å². The molecule has 0 aliphatic carbocycles. The first-order valence-electron chi connectivity index (χ1n) is 4.83. The van der Waals surface area contributed by atoms with E-state index in [9.17, 15) is 10.1 Å². The van der Waals surface area contributed by atoms with Crippen molar-refractivity contribution >= 4 is 23.0 Å². The summed E-state index contributed by atoms with van der Waals surface area (Å²) in [6, 6.07) is 4.70. The Hall–Kier alpha value is -1.33. The molecule has 0 radical (unpaired) electrons. The van der Waals surface area contributed by atoms with Gasteiger partial charge in [0.05, 0.1) is 11.0 Å². The van der Waals surface area contributed by atoms with Crippen molar-refractivity contribution in [2.75, 3.05) is 25.1 Å². The molecule has 0 bridgehead atoms. The molecule has 6 heteroatoms. The number of ether oxygens (including phenoxy) is 1. The van der Waals surface area contributed by atoms with E-state index < -0.39 is 4.92 Å². The Morgan fingerprint density at radius 1 is 1.56 bits per heavy atom. The fraction of sp³-hybridized carbons (Fsp3) is 0.400. The second kappa shape index (κ2) is 4.27. The van der Waals surface area contributed by atoms with Crippen LogP contribution < -0.4 is 4.90 Å². The summed E-state index contributed by atoms with van der Waals surface area (Å²) >= 11 is 5.74. The third kappa shape index (κ3) is 1.96. The zero-order valence-corrected chi connectivity index (χ0v) is 9.48. The second-order valence-electron chi connectivity index (χ2n) is 3.65. The third-order valence-electron chi connectivity index (χ3n) is 2.66. The molecule has 0 N–H and O–H groups in total. The number of methoxy groups -OCH3 is 1. The molecule has 1 aromatic rings. The van der Waals surface area contributed by atoms with Crippen LogP contribution in [0.1, 0.15) is 0 Å². The zero-order valence-electron chi connectivity index (χ0n) is 8.72. The van der Waals surface area contributed by atoms with Crippen molar-refractivity contribution in [3.05, 3.63) is 33.3 Å². The molecule has 86 valence electrons. The van der Waals surface area contributed by atoms with Gasteiger partial charge in [-0.05, 0) is 12.1 Å². The number of rotatable bonds is 3. The van der Waals surface area contributed by atoms with Gasteiger partial charge in [-0.15, -0.1) is 0 Å². The normalized spacial score (nSPS) is 16.0. The minimum Gasteiger partial charge on any atom is -0.378 e. The van der Waals surface area contributed by atoms with Crippen LogP contribution in [-0.2, 0) is 4.74 Å². The Kier molecular flexibility index (Phi) is 2.98. The van der Waals surface area contributed by atoms with Crippen LogP contribution in [0.25, 0.3) is 0 Å². The summed E-state index contributed by atoms with van der Waals surface area (Å²) in [5, 5.41) is 11.2. The first kappa shape index (κ1) is 11.2. The average Bonchev–Trinajstić information content (AvgIpc) is 2.18. The molecule has 1 aliphatic heterocycles. The van der Waals surface area contributed by atoms with Gasteiger partial charge in [-0.3, -0.25) is 10.1 Å². The molecule has 1 aromatic carbocycles. The maximum Gasteiger partial charge on any atom is 0.294 e. The summed E-state index contributed by atoms with van der Waals surface area (Å²) in [6.45, 7) is 1.36. The highest BCUT2D eigenvalue weighted by molar-refractivity contribution is 6.30. The first-order valence-corrected chi connectivity index (χ1v) is 5.21. The zero-order chi connectivity index (χ0) is 11.7. The SMILES string of the molecule is COC1CN(c2ccc(Cl)cc2[N+](=O)[O-])C1. The predicted molar refractivity (Wildman–Crippen MR) is 61.1 cm³/mol. The van der Waals surface area contributed by atoms with Gasteiger partial charge in [0.15, 0.2) is 0 Å². The van der Waals surface area contributed by atoms with E-state index >= 15 is 0 Å². The monoisotopic (exact) mass is 242 g/mol. The molecule has 1 heterocycles. The van der Waals surface area contributed by atoms with Crippen molar-refractivity contribution in [2.24, 2.45) is 0 Å². The number of hydrogen-bond acceptors (Lipinski definition) is 4. The van der Waals surface area contributed by atoms with Crippen molar-refractivity contribution < 1.29 is 9.66 Å². The number of nitrogens with zero attached hydrogens (tertiary/aromatic N) is 2. The van der Waals surface area contributed by atoms with Gasteiger partial charge < -0.3 is 9.64 Å². The molecule has 0 unspecified atom stereocenters. The summed E-state index contributed by atoms with van der Waals surface area (Å²) in [7, 11) is 1.64. The summed E-state index contributed by atoms with van der Waals surface area (Å²) in [5.41, 5.74) is 0.643. The summed E-state index contributed by atoms with van der Waals surface area (Å²) < 4.78 is 5.12. The molecule has 0 atom stereocenters. The Morgan fingerprint density at radius 3 is 2.81 bits per heavy atom. The van der Waals surface area contributed by atoms with Crippen LogP contribution in [0.5, 0.6) is 0 Å². The fourth-order valence-electron chi connectivity index (χ4n) is 1.69.